The molecule has 3 aromatic rings. The van der Waals surface area contributed by atoms with E-state index in [1.807, 2.05) is 12.1 Å². The number of pyridine rings is 1. The van der Waals surface area contributed by atoms with Crippen molar-refractivity contribution in [1.82, 2.24) is 15.0 Å². The Balaban J connectivity index is 1.71. The summed E-state index contributed by atoms with van der Waals surface area (Å²) in [6.45, 7) is 1.44. The van der Waals surface area contributed by atoms with Crippen molar-refractivity contribution >= 4 is 17.5 Å². The van der Waals surface area contributed by atoms with E-state index in [1.165, 1.54) is 13.0 Å². The third-order valence-corrected chi connectivity index (χ3v) is 4.47. The van der Waals surface area contributed by atoms with Gasteiger partial charge in [0.15, 0.2) is 0 Å². The summed E-state index contributed by atoms with van der Waals surface area (Å²) >= 11 is 0. The second kappa shape index (κ2) is 7.10. The minimum absolute atomic E-state index is 0.115. The third kappa shape index (κ3) is 4.05. The van der Waals surface area contributed by atoms with Gasteiger partial charge in [0.05, 0.1) is 17.0 Å². The largest absolute Gasteiger partial charge is 0.416 e. The van der Waals surface area contributed by atoms with E-state index in [1.54, 1.807) is 24.4 Å². The normalized spacial score (nSPS) is 14.0. The summed E-state index contributed by atoms with van der Waals surface area (Å²) in [6.07, 6.45) is -0.653. The monoisotopic (exact) mass is 385 g/mol. The zero-order valence-corrected chi connectivity index (χ0v) is 15.1. The molecule has 2 heterocycles. The van der Waals surface area contributed by atoms with Gasteiger partial charge in [-0.15, -0.1) is 0 Å². The van der Waals surface area contributed by atoms with E-state index in [9.17, 15) is 13.2 Å². The van der Waals surface area contributed by atoms with Crippen LogP contribution >= 0.6 is 0 Å². The first kappa shape index (κ1) is 18.2. The van der Waals surface area contributed by atoms with Crippen molar-refractivity contribution in [2.45, 2.75) is 32.0 Å². The molecule has 1 aliphatic rings. The summed E-state index contributed by atoms with van der Waals surface area (Å²) in [5, 5.41) is 6.24. The Bertz CT molecular complexity index is 985. The average molecular weight is 385 g/mol. The van der Waals surface area contributed by atoms with Crippen molar-refractivity contribution in [2.75, 3.05) is 10.6 Å². The number of hydrogen-bond donors (Lipinski definition) is 2. The summed E-state index contributed by atoms with van der Waals surface area (Å²) < 4.78 is 39.6. The van der Waals surface area contributed by atoms with Crippen LogP contribution in [0.1, 0.15) is 24.0 Å². The van der Waals surface area contributed by atoms with Gasteiger partial charge < -0.3 is 10.6 Å². The molecule has 0 spiro atoms. The molecular weight excluding hydrogens is 367 g/mol. The predicted molar refractivity (Wildman–Crippen MR) is 101 cm³/mol. The lowest BCUT2D eigenvalue weighted by Gasteiger charge is -2.16. The van der Waals surface area contributed by atoms with Gasteiger partial charge in [0.25, 0.3) is 0 Å². The Morgan fingerprint density at radius 1 is 1.00 bits per heavy atom. The molecule has 144 valence electrons. The molecule has 2 N–H and O–H groups in total. The molecule has 0 aliphatic heterocycles. The van der Waals surface area contributed by atoms with Crippen molar-refractivity contribution in [3.63, 3.8) is 0 Å². The lowest BCUT2D eigenvalue weighted by atomic mass is 10.1. The fraction of sp³-hybridized carbons (Fsp3) is 0.250. The van der Waals surface area contributed by atoms with E-state index in [-0.39, 0.29) is 5.56 Å². The molecule has 28 heavy (non-hydrogen) atoms. The van der Waals surface area contributed by atoms with Crippen LogP contribution in [0.2, 0.25) is 0 Å². The SMILES string of the molecule is Cc1c(Nc2cc(-c3ccccn3)nc(NC3CC3)n2)cccc1C(F)(F)F. The molecule has 0 saturated heterocycles. The maximum absolute atomic E-state index is 13.2. The van der Waals surface area contributed by atoms with Gasteiger partial charge in [-0.05, 0) is 49.6 Å². The summed E-state index contributed by atoms with van der Waals surface area (Å²) in [6, 6.07) is 11.5. The van der Waals surface area contributed by atoms with Gasteiger partial charge in [0.1, 0.15) is 5.82 Å². The van der Waals surface area contributed by atoms with Crippen molar-refractivity contribution in [3.8, 4) is 11.4 Å². The Hall–Kier alpha value is -3.16. The average Bonchev–Trinajstić information content (AvgIpc) is 3.47. The third-order valence-electron chi connectivity index (χ3n) is 4.47. The summed E-state index contributed by atoms with van der Waals surface area (Å²) in [4.78, 5) is 13.2. The molecule has 1 fully saturated rings. The minimum Gasteiger partial charge on any atom is -0.351 e. The van der Waals surface area contributed by atoms with Crippen LogP contribution < -0.4 is 10.6 Å². The molecular formula is C20H18F3N5. The van der Waals surface area contributed by atoms with Crippen LogP contribution in [-0.2, 0) is 6.18 Å². The number of alkyl halides is 3. The van der Waals surface area contributed by atoms with Gasteiger partial charge in [-0.1, -0.05) is 12.1 Å². The van der Waals surface area contributed by atoms with Crippen molar-refractivity contribution in [1.29, 1.82) is 0 Å². The molecule has 1 saturated carbocycles. The van der Waals surface area contributed by atoms with Crippen LogP contribution in [0.5, 0.6) is 0 Å². The van der Waals surface area contributed by atoms with E-state index >= 15 is 0 Å². The Morgan fingerprint density at radius 3 is 2.50 bits per heavy atom. The van der Waals surface area contributed by atoms with Crippen LogP contribution in [0.3, 0.4) is 0 Å². The fourth-order valence-corrected chi connectivity index (χ4v) is 2.85. The van der Waals surface area contributed by atoms with E-state index in [0.29, 0.717) is 34.9 Å². The number of hydrogen-bond acceptors (Lipinski definition) is 5. The minimum atomic E-state index is -4.41. The van der Waals surface area contributed by atoms with Gasteiger partial charge in [0.2, 0.25) is 5.95 Å². The zero-order valence-electron chi connectivity index (χ0n) is 15.1. The molecule has 1 aliphatic carbocycles. The molecule has 0 radical (unpaired) electrons. The Labute approximate surface area is 160 Å². The first-order chi connectivity index (χ1) is 13.4. The maximum atomic E-state index is 13.2. The standard InChI is InChI=1S/C20H18F3N5/c1-12-14(20(21,22)23)5-4-7-15(12)26-18-11-17(16-6-2-3-10-24-16)27-19(28-18)25-13-8-9-13/h2-7,10-11,13H,8-9H2,1H3,(H2,25,26,27,28). The summed E-state index contributed by atoms with van der Waals surface area (Å²) in [7, 11) is 0. The number of halogens is 3. The molecule has 0 amide bonds. The summed E-state index contributed by atoms with van der Waals surface area (Å²) in [5.74, 6) is 0.832. The van der Waals surface area contributed by atoms with Crippen molar-refractivity contribution in [2.24, 2.45) is 0 Å². The molecule has 8 heteroatoms. The van der Waals surface area contributed by atoms with Crippen LogP contribution in [0.4, 0.5) is 30.6 Å². The lowest BCUT2D eigenvalue weighted by Crippen LogP contribution is -2.10. The number of nitrogens with one attached hydrogen (secondary N) is 2. The molecule has 0 bridgehead atoms. The van der Waals surface area contributed by atoms with E-state index in [4.69, 9.17) is 0 Å². The van der Waals surface area contributed by atoms with Crippen LogP contribution in [-0.4, -0.2) is 21.0 Å². The number of benzene rings is 1. The highest BCUT2D eigenvalue weighted by Crippen LogP contribution is 2.35. The predicted octanol–water partition coefficient (Wildman–Crippen LogP) is 5.18. The smallest absolute Gasteiger partial charge is 0.351 e. The Kier molecular flexibility index (Phi) is 4.62. The highest BCUT2D eigenvalue weighted by Gasteiger charge is 2.33. The topological polar surface area (TPSA) is 62.7 Å². The molecule has 0 unspecified atom stereocenters. The number of anilines is 3. The highest BCUT2D eigenvalue weighted by molar-refractivity contribution is 5.67. The molecule has 2 aromatic heterocycles. The highest BCUT2D eigenvalue weighted by atomic mass is 19.4. The summed E-state index contributed by atoms with van der Waals surface area (Å²) in [5.41, 5.74) is 1.04. The molecule has 5 nitrogen and oxygen atoms in total. The van der Waals surface area contributed by atoms with Gasteiger partial charge in [0, 0.05) is 24.0 Å². The first-order valence-electron chi connectivity index (χ1n) is 8.91. The second-order valence-corrected chi connectivity index (χ2v) is 6.70. The van der Waals surface area contributed by atoms with E-state index in [0.717, 1.165) is 18.9 Å². The van der Waals surface area contributed by atoms with Gasteiger partial charge in [-0.3, -0.25) is 4.98 Å². The van der Waals surface area contributed by atoms with Crippen LogP contribution in [0.25, 0.3) is 11.4 Å². The van der Waals surface area contributed by atoms with Gasteiger partial charge in [-0.2, -0.15) is 18.2 Å². The van der Waals surface area contributed by atoms with Crippen LogP contribution in [0, 0.1) is 6.92 Å². The number of rotatable bonds is 5. The van der Waals surface area contributed by atoms with Crippen molar-refractivity contribution < 1.29 is 13.2 Å². The van der Waals surface area contributed by atoms with E-state index in [2.05, 4.69) is 25.6 Å². The van der Waals surface area contributed by atoms with Crippen molar-refractivity contribution in [3.05, 3.63) is 59.8 Å². The van der Waals surface area contributed by atoms with Crippen LogP contribution in [0.15, 0.2) is 48.7 Å². The molecule has 0 atom stereocenters. The second-order valence-electron chi connectivity index (χ2n) is 6.70. The van der Waals surface area contributed by atoms with Gasteiger partial charge in [-0.25, -0.2) is 4.98 Å². The number of nitrogens with zero attached hydrogens (tertiary/aromatic N) is 3. The maximum Gasteiger partial charge on any atom is 0.416 e. The number of aromatic nitrogens is 3. The Morgan fingerprint density at radius 2 is 1.82 bits per heavy atom. The fourth-order valence-electron chi connectivity index (χ4n) is 2.85. The quantitative estimate of drug-likeness (QED) is 0.633. The lowest BCUT2D eigenvalue weighted by molar-refractivity contribution is -0.138. The molecule has 4 rings (SSSR count). The first-order valence-corrected chi connectivity index (χ1v) is 8.91. The van der Waals surface area contributed by atoms with Gasteiger partial charge >= 0.3 is 6.18 Å². The zero-order chi connectivity index (χ0) is 19.7. The molecule has 1 aromatic carbocycles. The van der Waals surface area contributed by atoms with E-state index < -0.39 is 11.7 Å².